The summed E-state index contributed by atoms with van der Waals surface area (Å²) in [4.78, 5) is 7.36. The van der Waals surface area contributed by atoms with E-state index in [4.69, 9.17) is 18.0 Å². The van der Waals surface area contributed by atoms with Crippen LogP contribution in [0.3, 0.4) is 0 Å². The van der Waals surface area contributed by atoms with E-state index in [1.165, 1.54) is 25.9 Å². The molecule has 20 heavy (non-hydrogen) atoms. The van der Waals surface area contributed by atoms with Crippen LogP contribution in [0, 0.1) is 13.8 Å². The minimum absolute atomic E-state index is 0.363. The Morgan fingerprint density at radius 2 is 2.10 bits per heavy atom. The van der Waals surface area contributed by atoms with Crippen LogP contribution >= 0.6 is 12.2 Å². The quantitative estimate of drug-likeness (QED) is 0.815. The number of nitrogens with two attached hydrogens (primary N) is 1. The number of thiocarbonyl (C=S) groups is 1. The lowest BCUT2D eigenvalue weighted by molar-refractivity contribution is 0.328. The molecule has 1 aromatic rings. The fourth-order valence-corrected chi connectivity index (χ4v) is 3.17. The molecular formula is C15H24N4S. The van der Waals surface area contributed by atoms with Gasteiger partial charge in [0.1, 0.15) is 4.99 Å². The van der Waals surface area contributed by atoms with E-state index < -0.39 is 0 Å². The third-order valence-corrected chi connectivity index (χ3v) is 3.91. The number of pyridine rings is 1. The van der Waals surface area contributed by atoms with Crippen LogP contribution in [0.15, 0.2) is 6.07 Å². The van der Waals surface area contributed by atoms with Crippen molar-refractivity contribution in [1.29, 1.82) is 0 Å². The molecular weight excluding hydrogens is 268 g/mol. The predicted octanol–water partition coefficient (Wildman–Crippen LogP) is 2.23. The van der Waals surface area contributed by atoms with Crippen molar-refractivity contribution < 1.29 is 0 Å². The van der Waals surface area contributed by atoms with E-state index in [0.717, 1.165) is 29.2 Å². The van der Waals surface area contributed by atoms with Crippen LogP contribution in [0.1, 0.15) is 36.7 Å². The maximum Gasteiger partial charge on any atom is 0.107 e. The third kappa shape index (κ3) is 3.67. The summed E-state index contributed by atoms with van der Waals surface area (Å²) in [6.45, 7) is 9.62. The van der Waals surface area contributed by atoms with E-state index in [2.05, 4.69) is 22.1 Å². The summed E-state index contributed by atoms with van der Waals surface area (Å²) >= 11 is 5.16. The second-order valence-electron chi connectivity index (χ2n) is 5.69. The van der Waals surface area contributed by atoms with Crippen LogP contribution in [0.25, 0.3) is 0 Å². The molecule has 2 heterocycles. The Morgan fingerprint density at radius 1 is 1.45 bits per heavy atom. The Bertz CT molecular complexity index is 495. The average molecular weight is 292 g/mol. The molecule has 0 amide bonds. The van der Waals surface area contributed by atoms with Gasteiger partial charge in [0.05, 0.1) is 5.56 Å². The molecule has 1 fully saturated rings. The highest BCUT2D eigenvalue weighted by Gasteiger charge is 2.17. The van der Waals surface area contributed by atoms with Gasteiger partial charge in [-0.15, -0.1) is 0 Å². The van der Waals surface area contributed by atoms with Gasteiger partial charge < -0.3 is 16.0 Å². The van der Waals surface area contributed by atoms with E-state index in [9.17, 15) is 0 Å². The van der Waals surface area contributed by atoms with Crippen LogP contribution in [0.2, 0.25) is 0 Å². The smallest absolute Gasteiger partial charge is 0.107 e. The lowest BCUT2D eigenvalue weighted by Gasteiger charge is -2.24. The third-order valence-electron chi connectivity index (χ3n) is 3.71. The van der Waals surface area contributed by atoms with Gasteiger partial charge in [0.25, 0.3) is 0 Å². The van der Waals surface area contributed by atoms with E-state index in [0.29, 0.717) is 11.0 Å². The fourth-order valence-electron chi connectivity index (χ4n) is 2.92. The van der Waals surface area contributed by atoms with E-state index in [1.807, 2.05) is 19.9 Å². The molecule has 2 rings (SSSR count). The molecule has 0 saturated carbocycles. The summed E-state index contributed by atoms with van der Waals surface area (Å²) in [5.41, 5.74) is 9.61. The summed E-state index contributed by atoms with van der Waals surface area (Å²) in [5.74, 6) is 0. The molecule has 5 heteroatoms. The van der Waals surface area contributed by atoms with Crippen molar-refractivity contribution >= 4 is 22.9 Å². The van der Waals surface area contributed by atoms with Crippen molar-refractivity contribution in [3.05, 3.63) is 23.0 Å². The molecule has 1 aliphatic heterocycles. The number of aromatic nitrogens is 1. The SMILES string of the molecule is Cc1cc(NC(C)CN2CCCC2)c(C(N)=S)c(C)n1. The molecule has 0 aromatic carbocycles. The molecule has 3 N–H and O–H groups in total. The molecule has 1 unspecified atom stereocenters. The lowest BCUT2D eigenvalue weighted by atomic mass is 10.1. The first-order chi connectivity index (χ1) is 9.47. The van der Waals surface area contributed by atoms with E-state index >= 15 is 0 Å². The van der Waals surface area contributed by atoms with Crippen molar-refractivity contribution in [2.45, 2.75) is 39.7 Å². The lowest BCUT2D eigenvalue weighted by Crippen LogP contribution is -2.33. The highest BCUT2D eigenvalue weighted by atomic mass is 32.1. The van der Waals surface area contributed by atoms with Gasteiger partial charge in [-0.25, -0.2) is 0 Å². The number of nitrogens with one attached hydrogen (secondary N) is 1. The van der Waals surface area contributed by atoms with Gasteiger partial charge in [-0.2, -0.15) is 0 Å². The number of aryl methyl sites for hydroxylation is 2. The van der Waals surface area contributed by atoms with Gasteiger partial charge >= 0.3 is 0 Å². The number of hydrogen-bond acceptors (Lipinski definition) is 4. The molecule has 4 nitrogen and oxygen atoms in total. The number of nitrogens with zero attached hydrogens (tertiary/aromatic N) is 2. The summed E-state index contributed by atoms with van der Waals surface area (Å²) < 4.78 is 0. The van der Waals surface area contributed by atoms with Crippen molar-refractivity contribution in [2.24, 2.45) is 5.73 Å². The van der Waals surface area contributed by atoms with Crippen LogP contribution in [0.4, 0.5) is 5.69 Å². The highest BCUT2D eigenvalue weighted by molar-refractivity contribution is 7.80. The zero-order chi connectivity index (χ0) is 14.7. The molecule has 0 bridgehead atoms. The van der Waals surface area contributed by atoms with Gasteiger partial charge in [0.2, 0.25) is 0 Å². The summed E-state index contributed by atoms with van der Waals surface area (Å²) in [6, 6.07) is 2.39. The minimum Gasteiger partial charge on any atom is -0.389 e. The maximum atomic E-state index is 5.85. The summed E-state index contributed by atoms with van der Waals surface area (Å²) in [5, 5.41) is 3.55. The Labute approximate surface area is 126 Å². The molecule has 1 saturated heterocycles. The average Bonchev–Trinajstić information content (AvgIpc) is 2.79. The van der Waals surface area contributed by atoms with Gasteiger partial charge in [-0.05, 0) is 52.8 Å². The first kappa shape index (κ1) is 15.2. The van der Waals surface area contributed by atoms with Crippen LogP contribution < -0.4 is 11.1 Å². The number of anilines is 1. The molecule has 0 radical (unpaired) electrons. The summed E-state index contributed by atoms with van der Waals surface area (Å²) in [6.07, 6.45) is 2.64. The number of likely N-dealkylation sites (tertiary alicyclic amines) is 1. The van der Waals surface area contributed by atoms with Crippen LogP contribution in [-0.4, -0.2) is 40.5 Å². The van der Waals surface area contributed by atoms with Crippen molar-refractivity contribution in [1.82, 2.24) is 9.88 Å². The molecule has 1 aromatic heterocycles. The monoisotopic (exact) mass is 292 g/mol. The first-order valence-corrected chi connectivity index (χ1v) is 7.65. The van der Waals surface area contributed by atoms with Crippen LogP contribution in [-0.2, 0) is 0 Å². The van der Waals surface area contributed by atoms with Gasteiger partial charge in [0.15, 0.2) is 0 Å². The molecule has 110 valence electrons. The second kappa shape index (κ2) is 6.50. The van der Waals surface area contributed by atoms with E-state index in [1.54, 1.807) is 0 Å². The van der Waals surface area contributed by atoms with E-state index in [-0.39, 0.29) is 0 Å². The number of hydrogen-bond donors (Lipinski definition) is 2. The van der Waals surface area contributed by atoms with Crippen molar-refractivity contribution in [3.8, 4) is 0 Å². The standard InChI is InChI=1S/C15H24N4S/c1-10-8-13(14(15(16)20)12(3)17-10)18-11(2)9-19-6-4-5-7-19/h8,11H,4-7,9H2,1-3H3,(H2,16,20)(H,17,18). The van der Waals surface area contributed by atoms with Crippen molar-refractivity contribution in [3.63, 3.8) is 0 Å². The second-order valence-corrected chi connectivity index (χ2v) is 6.13. The Hall–Kier alpha value is -1.20. The normalized spacial score (nSPS) is 17.1. The zero-order valence-corrected chi connectivity index (χ0v) is 13.4. The zero-order valence-electron chi connectivity index (χ0n) is 12.6. The molecule has 1 atom stereocenters. The Kier molecular flexibility index (Phi) is 4.94. The maximum absolute atomic E-state index is 5.85. The molecule has 0 spiro atoms. The summed E-state index contributed by atoms with van der Waals surface area (Å²) in [7, 11) is 0. The topological polar surface area (TPSA) is 54.2 Å². The highest BCUT2D eigenvalue weighted by Crippen LogP contribution is 2.21. The van der Waals surface area contributed by atoms with Crippen LogP contribution in [0.5, 0.6) is 0 Å². The number of rotatable bonds is 5. The minimum atomic E-state index is 0.363. The van der Waals surface area contributed by atoms with Crippen molar-refractivity contribution in [2.75, 3.05) is 25.0 Å². The van der Waals surface area contributed by atoms with Gasteiger partial charge in [-0.3, -0.25) is 4.98 Å². The molecule has 1 aliphatic rings. The first-order valence-electron chi connectivity index (χ1n) is 7.24. The Morgan fingerprint density at radius 3 is 2.70 bits per heavy atom. The molecule has 0 aliphatic carbocycles. The Balaban J connectivity index is 2.12. The van der Waals surface area contributed by atoms with Gasteiger partial charge in [0, 0.05) is 29.7 Å². The van der Waals surface area contributed by atoms with Gasteiger partial charge in [-0.1, -0.05) is 12.2 Å². The predicted molar refractivity (Wildman–Crippen MR) is 88.4 cm³/mol. The fraction of sp³-hybridized carbons (Fsp3) is 0.600. The largest absolute Gasteiger partial charge is 0.389 e.